The molecule has 0 heterocycles. The van der Waals surface area contributed by atoms with Gasteiger partial charge in [-0.15, -0.1) is 0 Å². The summed E-state index contributed by atoms with van der Waals surface area (Å²) in [5.41, 5.74) is 0. The van der Waals surface area contributed by atoms with Gasteiger partial charge in [-0.3, -0.25) is 4.90 Å². The number of nitrogens with zero attached hydrogens (tertiary/aromatic N) is 2. The lowest BCUT2D eigenvalue weighted by molar-refractivity contribution is 0.0529. The molecule has 0 bridgehead atoms. The van der Waals surface area contributed by atoms with Crippen molar-refractivity contribution in [3.05, 3.63) is 0 Å². The number of ether oxygens (including phenoxy) is 1. The second kappa shape index (κ2) is 7.78. The van der Waals surface area contributed by atoms with Crippen LogP contribution in [-0.2, 0) is 4.74 Å². The molecule has 14 heavy (non-hydrogen) atoms. The van der Waals surface area contributed by atoms with Crippen molar-refractivity contribution in [2.75, 3.05) is 19.7 Å². The fourth-order valence-corrected chi connectivity index (χ4v) is 1.23. The maximum Gasteiger partial charge on any atom is 0.0635 e. The van der Waals surface area contributed by atoms with Crippen molar-refractivity contribution >= 4 is 0 Å². The molecular weight excluding hydrogens is 176 g/mol. The average Bonchev–Trinajstić information content (AvgIpc) is 2.09. The lowest BCUT2D eigenvalue weighted by atomic mass is 10.3. The predicted octanol–water partition coefficient (Wildman–Crippen LogP) is 2.04. The topological polar surface area (TPSA) is 36.3 Å². The van der Waals surface area contributed by atoms with E-state index >= 15 is 0 Å². The Morgan fingerprint density at radius 2 is 1.86 bits per heavy atom. The molecule has 0 aliphatic carbocycles. The van der Waals surface area contributed by atoms with Crippen molar-refractivity contribution in [2.24, 2.45) is 0 Å². The number of nitriles is 1. The summed E-state index contributed by atoms with van der Waals surface area (Å²) >= 11 is 0. The summed E-state index contributed by atoms with van der Waals surface area (Å²) in [5, 5.41) is 8.50. The zero-order chi connectivity index (χ0) is 11.0. The summed E-state index contributed by atoms with van der Waals surface area (Å²) in [6, 6.07) is 2.66. The lowest BCUT2D eigenvalue weighted by Crippen LogP contribution is -2.35. The van der Waals surface area contributed by atoms with Gasteiger partial charge in [0.1, 0.15) is 0 Å². The Hall–Kier alpha value is -0.590. The molecule has 0 saturated heterocycles. The minimum Gasteiger partial charge on any atom is -0.377 e. The van der Waals surface area contributed by atoms with Gasteiger partial charge in [0.2, 0.25) is 0 Å². The van der Waals surface area contributed by atoms with E-state index in [0.29, 0.717) is 18.6 Å². The van der Waals surface area contributed by atoms with Crippen LogP contribution in [-0.4, -0.2) is 36.7 Å². The van der Waals surface area contributed by atoms with Gasteiger partial charge in [-0.05, 0) is 27.7 Å². The molecule has 3 nitrogen and oxygen atoms in total. The molecule has 0 spiro atoms. The number of hydrogen-bond acceptors (Lipinski definition) is 3. The molecule has 0 aliphatic rings. The van der Waals surface area contributed by atoms with Crippen molar-refractivity contribution in [1.29, 1.82) is 5.26 Å². The Balaban J connectivity index is 3.69. The molecule has 0 unspecified atom stereocenters. The van der Waals surface area contributed by atoms with Crippen LogP contribution in [0.25, 0.3) is 0 Å². The fraction of sp³-hybridized carbons (Fsp3) is 0.909. The summed E-state index contributed by atoms with van der Waals surface area (Å²) < 4.78 is 5.48. The molecule has 0 atom stereocenters. The van der Waals surface area contributed by atoms with Crippen LogP contribution in [0, 0.1) is 11.3 Å². The Labute approximate surface area is 87.7 Å². The third kappa shape index (κ3) is 6.88. The molecule has 0 radical (unpaired) electrons. The fourth-order valence-electron chi connectivity index (χ4n) is 1.23. The second-order valence-electron chi connectivity index (χ2n) is 3.96. The zero-order valence-corrected chi connectivity index (χ0v) is 9.79. The summed E-state index contributed by atoms with van der Waals surface area (Å²) in [4.78, 5) is 2.27. The molecule has 0 aromatic rings. The van der Waals surface area contributed by atoms with Crippen LogP contribution in [0.1, 0.15) is 34.1 Å². The molecule has 82 valence electrons. The summed E-state index contributed by atoms with van der Waals surface area (Å²) in [5.74, 6) is 0. The molecule has 0 aliphatic heterocycles. The van der Waals surface area contributed by atoms with Gasteiger partial charge in [-0.2, -0.15) is 5.26 Å². The minimum absolute atomic E-state index is 0.292. The van der Waals surface area contributed by atoms with Crippen LogP contribution < -0.4 is 0 Å². The molecule has 0 amide bonds. The highest BCUT2D eigenvalue weighted by Gasteiger charge is 2.08. The highest BCUT2D eigenvalue weighted by atomic mass is 16.5. The summed E-state index contributed by atoms with van der Waals surface area (Å²) in [6.45, 7) is 10.9. The van der Waals surface area contributed by atoms with Gasteiger partial charge in [0.05, 0.1) is 18.8 Å². The van der Waals surface area contributed by atoms with Crippen LogP contribution in [0.2, 0.25) is 0 Å². The normalized spacial score (nSPS) is 11.3. The van der Waals surface area contributed by atoms with Crippen LogP contribution in [0.4, 0.5) is 0 Å². The predicted molar refractivity (Wildman–Crippen MR) is 58.0 cm³/mol. The van der Waals surface area contributed by atoms with Crippen molar-refractivity contribution in [3.63, 3.8) is 0 Å². The van der Waals surface area contributed by atoms with Gasteiger partial charge in [0.15, 0.2) is 0 Å². The van der Waals surface area contributed by atoms with E-state index in [-0.39, 0.29) is 0 Å². The third-order valence-corrected chi connectivity index (χ3v) is 2.07. The molecule has 0 rings (SSSR count). The van der Waals surface area contributed by atoms with Gasteiger partial charge in [0.25, 0.3) is 0 Å². The van der Waals surface area contributed by atoms with Gasteiger partial charge in [-0.25, -0.2) is 0 Å². The first-order valence-corrected chi connectivity index (χ1v) is 5.30. The van der Waals surface area contributed by atoms with Crippen molar-refractivity contribution in [1.82, 2.24) is 4.90 Å². The molecule has 0 aromatic carbocycles. The zero-order valence-electron chi connectivity index (χ0n) is 9.79. The van der Waals surface area contributed by atoms with Crippen LogP contribution in [0.5, 0.6) is 0 Å². The Morgan fingerprint density at radius 1 is 1.21 bits per heavy atom. The Kier molecular flexibility index (Phi) is 7.45. The van der Waals surface area contributed by atoms with E-state index in [1.807, 2.05) is 13.8 Å². The summed E-state index contributed by atoms with van der Waals surface area (Å²) in [7, 11) is 0. The monoisotopic (exact) mass is 198 g/mol. The Bertz CT molecular complexity index is 173. The first kappa shape index (κ1) is 13.4. The van der Waals surface area contributed by atoms with E-state index in [4.69, 9.17) is 10.00 Å². The lowest BCUT2D eigenvalue weighted by Gasteiger charge is -2.25. The van der Waals surface area contributed by atoms with E-state index in [1.165, 1.54) is 0 Å². The van der Waals surface area contributed by atoms with E-state index in [1.54, 1.807) is 0 Å². The molecular formula is C11H22N2O. The average molecular weight is 198 g/mol. The number of hydrogen-bond donors (Lipinski definition) is 0. The van der Waals surface area contributed by atoms with Gasteiger partial charge in [-0.1, -0.05) is 0 Å². The van der Waals surface area contributed by atoms with E-state index in [0.717, 1.165) is 19.7 Å². The second-order valence-corrected chi connectivity index (χ2v) is 3.96. The van der Waals surface area contributed by atoms with Crippen LogP contribution >= 0.6 is 0 Å². The van der Waals surface area contributed by atoms with Gasteiger partial charge >= 0.3 is 0 Å². The smallest absolute Gasteiger partial charge is 0.0635 e. The SMILES string of the molecule is CC(C)OCCN(CCC#N)C(C)C. The first-order chi connectivity index (χ1) is 6.57. The van der Waals surface area contributed by atoms with Crippen LogP contribution in [0.15, 0.2) is 0 Å². The number of rotatable bonds is 7. The largest absolute Gasteiger partial charge is 0.377 e. The minimum atomic E-state index is 0.292. The first-order valence-electron chi connectivity index (χ1n) is 5.30. The Morgan fingerprint density at radius 3 is 2.29 bits per heavy atom. The maximum atomic E-state index is 8.50. The summed E-state index contributed by atoms with van der Waals surface area (Å²) in [6.07, 6.45) is 0.889. The van der Waals surface area contributed by atoms with Crippen molar-refractivity contribution < 1.29 is 4.74 Å². The highest BCUT2D eigenvalue weighted by molar-refractivity contribution is 4.73. The van der Waals surface area contributed by atoms with Crippen molar-refractivity contribution in [2.45, 2.75) is 46.3 Å². The van der Waals surface area contributed by atoms with Gasteiger partial charge in [0, 0.05) is 25.6 Å². The standard InChI is InChI=1S/C11H22N2O/c1-10(2)13(7-5-6-12)8-9-14-11(3)4/h10-11H,5,7-9H2,1-4H3. The van der Waals surface area contributed by atoms with E-state index in [9.17, 15) is 0 Å². The molecule has 3 heteroatoms. The third-order valence-electron chi connectivity index (χ3n) is 2.07. The molecule has 0 aromatic heterocycles. The van der Waals surface area contributed by atoms with Gasteiger partial charge < -0.3 is 4.74 Å². The maximum absolute atomic E-state index is 8.50. The quantitative estimate of drug-likeness (QED) is 0.628. The van der Waals surface area contributed by atoms with E-state index in [2.05, 4.69) is 24.8 Å². The molecule has 0 N–H and O–H groups in total. The van der Waals surface area contributed by atoms with Crippen LogP contribution in [0.3, 0.4) is 0 Å². The highest BCUT2D eigenvalue weighted by Crippen LogP contribution is 2.00. The molecule has 0 saturated carbocycles. The molecule has 0 fully saturated rings. The van der Waals surface area contributed by atoms with Crippen molar-refractivity contribution in [3.8, 4) is 6.07 Å². The van der Waals surface area contributed by atoms with E-state index < -0.39 is 0 Å².